The maximum atomic E-state index is 12.9. The summed E-state index contributed by atoms with van der Waals surface area (Å²) in [6, 6.07) is 6.39. The van der Waals surface area contributed by atoms with E-state index >= 15 is 0 Å². The van der Waals surface area contributed by atoms with Gasteiger partial charge in [0.15, 0.2) is 5.96 Å². The summed E-state index contributed by atoms with van der Waals surface area (Å²) in [5, 5.41) is 0. The van der Waals surface area contributed by atoms with Crippen LogP contribution in [0.3, 0.4) is 0 Å². The number of carbonyl (C=O) groups is 1. The van der Waals surface area contributed by atoms with Gasteiger partial charge >= 0.3 is 6.09 Å². The second-order valence-electron chi connectivity index (χ2n) is 7.07. The molecule has 6 nitrogen and oxygen atoms in total. The van der Waals surface area contributed by atoms with Crippen LogP contribution in [-0.2, 0) is 11.2 Å². The van der Waals surface area contributed by atoms with Crippen molar-refractivity contribution in [2.24, 2.45) is 10.7 Å². The molecule has 0 atom stereocenters. The molecule has 138 valence electrons. The number of benzene rings is 1. The standard InChI is InChI=1S/C18H27FN4O2/c1-18(2,3)25-17(24)23-12-10-22(11-13-23)16(20)21-9-8-14-4-6-15(19)7-5-14/h4-7H,8-13H2,1-3H3,(H2,20,21). The number of hydrogen-bond donors (Lipinski definition) is 1. The van der Waals surface area contributed by atoms with Gasteiger partial charge in [0, 0.05) is 32.7 Å². The number of guanidine groups is 1. The third kappa shape index (κ3) is 6.25. The molecule has 1 aromatic rings. The number of rotatable bonds is 3. The molecule has 1 saturated heterocycles. The van der Waals surface area contributed by atoms with Crippen LogP contribution in [0.25, 0.3) is 0 Å². The lowest BCUT2D eigenvalue weighted by Gasteiger charge is -2.36. The molecule has 1 fully saturated rings. The highest BCUT2D eigenvalue weighted by atomic mass is 19.1. The van der Waals surface area contributed by atoms with Crippen LogP contribution in [0, 0.1) is 5.82 Å². The Morgan fingerprint density at radius 3 is 2.28 bits per heavy atom. The minimum Gasteiger partial charge on any atom is -0.444 e. The number of nitrogens with two attached hydrogens (primary N) is 1. The van der Waals surface area contributed by atoms with Crippen LogP contribution in [0.4, 0.5) is 9.18 Å². The molecule has 1 heterocycles. The average Bonchev–Trinajstić information content (AvgIpc) is 2.55. The molecule has 0 aliphatic carbocycles. The zero-order valence-electron chi connectivity index (χ0n) is 15.2. The van der Waals surface area contributed by atoms with E-state index in [-0.39, 0.29) is 11.9 Å². The predicted molar refractivity (Wildman–Crippen MR) is 96.0 cm³/mol. The van der Waals surface area contributed by atoms with Gasteiger partial charge in [0.25, 0.3) is 0 Å². The summed E-state index contributed by atoms with van der Waals surface area (Å²) >= 11 is 0. The second kappa shape index (κ2) is 8.18. The highest BCUT2D eigenvalue weighted by molar-refractivity contribution is 5.78. The Kier molecular flexibility index (Phi) is 6.22. The fourth-order valence-electron chi connectivity index (χ4n) is 2.50. The van der Waals surface area contributed by atoms with Crippen molar-refractivity contribution in [1.29, 1.82) is 0 Å². The smallest absolute Gasteiger partial charge is 0.410 e. The van der Waals surface area contributed by atoms with Crippen LogP contribution >= 0.6 is 0 Å². The Balaban J connectivity index is 1.77. The first-order valence-corrected chi connectivity index (χ1v) is 8.52. The summed E-state index contributed by atoms with van der Waals surface area (Å²) in [6.07, 6.45) is 0.415. The van der Waals surface area contributed by atoms with Crippen LogP contribution in [0.15, 0.2) is 29.3 Å². The van der Waals surface area contributed by atoms with Crippen molar-refractivity contribution < 1.29 is 13.9 Å². The summed E-state index contributed by atoms with van der Waals surface area (Å²) in [5.74, 6) is 0.237. The summed E-state index contributed by atoms with van der Waals surface area (Å²) in [7, 11) is 0. The molecular formula is C18H27FN4O2. The van der Waals surface area contributed by atoms with Gasteiger partial charge in [-0.05, 0) is 44.9 Å². The van der Waals surface area contributed by atoms with E-state index in [2.05, 4.69) is 4.99 Å². The first kappa shape index (κ1) is 19.0. The van der Waals surface area contributed by atoms with Crippen LogP contribution in [0.2, 0.25) is 0 Å². The van der Waals surface area contributed by atoms with E-state index in [1.807, 2.05) is 25.7 Å². The van der Waals surface area contributed by atoms with E-state index in [0.29, 0.717) is 45.1 Å². The highest BCUT2D eigenvalue weighted by Gasteiger charge is 2.26. The van der Waals surface area contributed by atoms with E-state index in [9.17, 15) is 9.18 Å². The topological polar surface area (TPSA) is 71.2 Å². The van der Waals surface area contributed by atoms with Gasteiger partial charge in [-0.15, -0.1) is 0 Å². The van der Waals surface area contributed by atoms with Gasteiger partial charge in [0.1, 0.15) is 11.4 Å². The maximum Gasteiger partial charge on any atom is 0.410 e. The van der Waals surface area contributed by atoms with Crippen LogP contribution in [0.5, 0.6) is 0 Å². The number of carbonyl (C=O) groups excluding carboxylic acids is 1. The molecule has 1 aromatic carbocycles. The molecule has 0 spiro atoms. The minimum atomic E-state index is -0.491. The number of piperazine rings is 1. The minimum absolute atomic E-state index is 0.241. The van der Waals surface area contributed by atoms with E-state index in [0.717, 1.165) is 5.56 Å². The number of nitrogens with zero attached hydrogens (tertiary/aromatic N) is 3. The molecule has 25 heavy (non-hydrogen) atoms. The number of ether oxygens (including phenoxy) is 1. The molecule has 1 amide bonds. The summed E-state index contributed by atoms with van der Waals surface area (Å²) in [5.41, 5.74) is 6.57. The zero-order chi connectivity index (χ0) is 18.4. The third-order valence-electron chi connectivity index (χ3n) is 3.84. The molecule has 0 bridgehead atoms. The first-order valence-electron chi connectivity index (χ1n) is 8.52. The normalized spacial score (nSPS) is 16.1. The van der Waals surface area contributed by atoms with Crippen molar-refractivity contribution in [2.75, 3.05) is 32.7 Å². The summed E-state index contributed by atoms with van der Waals surface area (Å²) in [6.45, 7) is 8.49. The molecule has 1 aliphatic heterocycles. The van der Waals surface area contributed by atoms with Gasteiger partial charge in [-0.25, -0.2) is 9.18 Å². The van der Waals surface area contributed by atoms with Gasteiger partial charge in [0.2, 0.25) is 0 Å². The summed E-state index contributed by atoms with van der Waals surface area (Å²) in [4.78, 5) is 20.1. The maximum absolute atomic E-state index is 12.9. The van der Waals surface area contributed by atoms with E-state index < -0.39 is 5.60 Å². The highest BCUT2D eigenvalue weighted by Crippen LogP contribution is 2.12. The quantitative estimate of drug-likeness (QED) is 0.670. The molecule has 0 saturated carbocycles. The van der Waals surface area contributed by atoms with Gasteiger partial charge in [0.05, 0.1) is 0 Å². The molecular weight excluding hydrogens is 323 g/mol. The van der Waals surface area contributed by atoms with Crippen molar-refractivity contribution >= 4 is 12.1 Å². The number of hydrogen-bond acceptors (Lipinski definition) is 3. The molecule has 0 radical (unpaired) electrons. The van der Waals surface area contributed by atoms with Crippen LogP contribution < -0.4 is 5.73 Å². The van der Waals surface area contributed by atoms with Gasteiger partial charge in [-0.1, -0.05) is 12.1 Å². The Labute approximate surface area is 148 Å². The predicted octanol–water partition coefficient (Wildman–Crippen LogP) is 2.24. The van der Waals surface area contributed by atoms with E-state index in [1.54, 1.807) is 17.0 Å². The summed E-state index contributed by atoms with van der Waals surface area (Å²) < 4.78 is 18.2. The lowest BCUT2D eigenvalue weighted by atomic mass is 10.1. The van der Waals surface area contributed by atoms with E-state index in [1.165, 1.54) is 12.1 Å². The number of aliphatic imine (C=N–C) groups is 1. The lowest BCUT2D eigenvalue weighted by Crippen LogP contribution is -2.53. The van der Waals surface area contributed by atoms with E-state index in [4.69, 9.17) is 10.5 Å². The average molecular weight is 350 g/mol. The molecule has 0 unspecified atom stereocenters. The van der Waals surface area contributed by atoms with Crippen molar-refractivity contribution in [3.63, 3.8) is 0 Å². The number of halogens is 1. The van der Waals surface area contributed by atoms with Gasteiger partial charge < -0.3 is 20.3 Å². The zero-order valence-corrected chi connectivity index (χ0v) is 15.2. The Morgan fingerprint density at radius 1 is 1.16 bits per heavy atom. The van der Waals surface area contributed by atoms with Crippen molar-refractivity contribution in [1.82, 2.24) is 9.80 Å². The molecule has 7 heteroatoms. The fraction of sp³-hybridized carbons (Fsp3) is 0.556. The molecule has 1 aliphatic rings. The monoisotopic (exact) mass is 350 g/mol. The second-order valence-corrected chi connectivity index (χ2v) is 7.07. The Hall–Kier alpha value is -2.31. The largest absolute Gasteiger partial charge is 0.444 e. The lowest BCUT2D eigenvalue weighted by molar-refractivity contribution is 0.0186. The molecule has 2 rings (SSSR count). The first-order chi connectivity index (χ1) is 11.7. The molecule has 0 aromatic heterocycles. The molecule has 2 N–H and O–H groups in total. The van der Waals surface area contributed by atoms with Crippen molar-refractivity contribution in [2.45, 2.75) is 32.8 Å². The Bertz CT molecular complexity index is 602. The van der Waals surface area contributed by atoms with Crippen LogP contribution in [0.1, 0.15) is 26.3 Å². The van der Waals surface area contributed by atoms with Crippen LogP contribution in [-0.4, -0.2) is 60.2 Å². The third-order valence-corrected chi connectivity index (χ3v) is 3.84. The fourth-order valence-corrected chi connectivity index (χ4v) is 2.50. The van der Waals surface area contributed by atoms with Gasteiger partial charge in [-0.2, -0.15) is 0 Å². The van der Waals surface area contributed by atoms with Crippen molar-refractivity contribution in [3.05, 3.63) is 35.6 Å². The SMILES string of the molecule is CC(C)(C)OC(=O)N1CCN(C(N)=NCCc2ccc(F)cc2)CC1. The Morgan fingerprint density at radius 2 is 1.72 bits per heavy atom. The van der Waals surface area contributed by atoms with Gasteiger partial charge in [-0.3, -0.25) is 4.99 Å². The van der Waals surface area contributed by atoms with Crippen molar-refractivity contribution in [3.8, 4) is 0 Å². The number of amides is 1.